The zero-order chi connectivity index (χ0) is 10.7. The van der Waals surface area contributed by atoms with Crippen molar-refractivity contribution in [1.82, 2.24) is 0 Å². The SMILES string of the molecule is COc1ccc(N2CCCC(O)C2)cc1. The lowest BCUT2D eigenvalue weighted by atomic mass is 10.1. The van der Waals surface area contributed by atoms with Gasteiger partial charge in [-0.2, -0.15) is 0 Å². The number of anilines is 1. The largest absolute Gasteiger partial charge is 0.497 e. The molecule has 0 aromatic heterocycles. The van der Waals surface area contributed by atoms with Gasteiger partial charge in [-0.15, -0.1) is 0 Å². The van der Waals surface area contributed by atoms with Crippen molar-refractivity contribution in [1.29, 1.82) is 0 Å². The second-order valence-corrected chi connectivity index (χ2v) is 3.94. The van der Waals surface area contributed by atoms with Gasteiger partial charge in [-0.1, -0.05) is 0 Å². The van der Waals surface area contributed by atoms with Crippen LogP contribution in [-0.4, -0.2) is 31.4 Å². The summed E-state index contributed by atoms with van der Waals surface area (Å²) in [6.07, 6.45) is 1.81. The fourth-order valence-corrected chi connectivity index (χ4v) is 1.98. The first kappa shape index (κ1) is 10.3. The van der Waals surface area contributed by atoms with Crippen molar-refractivity contribution in [2.45, 2.75) is 18.9 Å². The molecule has 1 fully saturated rings. The van der Waals surface area contributed by atoms with Crippen LogP contribution in [0.25, 0.3) is 0 Å². The molecule has 0 spiro atoms. The minimum Gasteiger partial charge on any atom is -0.497 e. The Bertz CT molecular complexity index is 310. The van der Waals surface area contributed by atoms with Crippen LogP contribution in [0.15, 0.2) is 24.3 Å². The highest BCUT2D eigenvalue weighted by Gasteiger charge is 2.17. The van der Waals surface area contributed by atoms with E-state index in [4.69, 9.17) is 4.74 Å². The zero-order valence-electron chi connectivity index (χ0n) is 9.02. The summed E-state index contributed by atoms with van der Waals surface area (Å²) in [5, 5.41) is 9.58. The highest BCUT2D eigenvalue weighted by Crippen LogP contribution is 2.22. The van der Waals surface area contributed by atoms with Gasteiger partial charge in [0, 0.05) is 18.8 Å². The van der Waals surface area contributed by atoms with E-state index in [9.17, 15) is 5.11 Å². The minimum absolute atomic E-state index is 0.180. The number of aliphatic hydroxyl groups is 1. The monoisotopic (exact) mass is 207 g/mol. The maximum absolute atomic E-state index is 9.58. The minimum atomic E-state index is -0.180. The predicted molar refractivity (Wildman–Crippen MR) is 60.4 cm³/mol. The van der Waals surface area contributed by atoms with Crippen LogP contribution in [0.5, 0.6) is 5.75 Å². The van der Waals surface area contributed by atoms with Gasteiger partial charge in [-0.3, -0.25) is 0 Å². The summed E-state index contributed by atoms with van der Waals surface area (Å²) in [6.45, 7) is 1.77. The fourth-order valence-electron chi connectivity index (χ4n) is 1.98. The second-order valence-electron chi connectivity index (χ2n) is 3.94. The summed E-state index contributed by atoms with van der Waals surface area (Å²) >= 11 is 0. The van der Waals surface area contributed by atoms with E-state index in [2.05, 4.69) is 4.90 Å². The fraction of sp³-hybridized carbons (Fsp3) is 0.500. The highest BCUT2D eigenvalue weighted by atomic mass is 16.5. The molecule has 0 amide bonds. The number of methoxy groups -OCH3 is 1. The second kappa shape index (κ2) is 4.53. The number of rotatable bonds is 2. The number of hydrogen-bond acceptors (Lipinski definition) is 3. The third-order valence-electron chi connectivity index (χ3n) is 2.83. The van der Waals surface area contributed by atoms with Gasteiger partial charge in [0.15, 0.2) is 0 Å². The molecule has 0 saturated carbocycles. The molecule has 1 aliphatic heterocycles. The summed E-state index contributed by atoms with van der Waals surface area (Å²) in [5.74, 6) is 0.872. The lowest BCUT2D eigenvalue weighted by Crippen LogP contribution is -2.38. The number of ether oxygens (including phenoxy) is 1. The van der Waals surface area contributed by atoms with Gasteiger partial charge in [0.25, 0.3) is 0 Å². The van der Waals surface area contributed by atoms with Gasteiger partial charge in [0.05, 0.1) is 13.2 Å². The Balaban J connectivity index is 2.07. The first-order chi connectivity index (χ1) is 7.29. The topological polar surface area (TPSA) is 32.7 Å². The Morgan fingerprint density at radius 1 is 1.33 bits per heavy atom. The molecule has 15 heavy (non-hydrogen) atoms. The van der Waals surface area contributed by atoms with Crippen LogP contribution in [0.3, 0.4) is 0 Å². The molecular weight excluding hydrogens is 190 g/mol. The quantitative estimate of drug-likeness (QED) is 0.800. The van der Waals surface area contributed by atoms with Gasteiger partial charge >= 0.3 is 0 Å². The van der Waals surface area contributed by atoms with Crippen LogP contribution < -0.4 is 9.64 Å². The molecule has 1 saturated heterocycles. The van der Waals surface area contributed by atoms with Crippen molar-refractivity contribution in [3.05, 3.63) is 24.3 Å². The van der Waals surface area contributed by atoms with E-state index in [1.807, 2.05) is 24.3 Å². The molecule has 0 radical (unpaired) electrons. The number of piperidine rings is 1. The van der Waals surface area contributed by atoms with Crippen LogP contribution in [0, 0.1) is 0 Å². The van der Waals surface area contributed by atoms with Crippen molar-refractivity contribution < 1.29 is 9.84 Å². The molecule has 2 rings (SSSR count). The Morgan fingerprint density at radius 3 is 2.67 bits per heavy atom. The molecule has 3 nitrogen and oxygen atoms in total. The lowest BCUT2D eigenvalue weighted by Gasteiger charge is -2.32. The summed E-state index contributed by atoms with van der Waals surface area (Å²) in [5.41, 5.74) is 1.16. The molecule has 0 bridgehead atoms. The van der Waals surface area contributed by atoms with E-state index in [0.717, 1.165) is 37.4 Å². The normalized spacial score (nSPS) is 21.5. The number of nitrogens with zero attached hydrogens (tertiary/aromatic N) is 1. The summed E-state index contributed by atoms with van der Waals surface area (Å²) in [4.78, 5) is 2.22. The Morgan fingerprint density at radius 2 is 2.07 bits per heavy atom. The Hall–Kier alpha value is -1.22. The molecule has 1 atom stereocenters. The smallest absolute Gasteiger partial charge is 0.119 e. The van der Waals surface area contributed by atoms with E-state index in [1.54, 1.807) is 7.11 Å². The Kier molecular flexibility index (Phi) is 3.11. The number of β-amino-alcohol motifs (C(OH)–C–C–N with tert-alkyl or cyclic N) is 1. The van der Waals surface area contributed by atoms with Crippen molar-refractivity contribution >= 4 is 5.69 Å². The first-order valence-corrected chi connectivity index (χ1v) is 5.36. The summed E-state index contributed by atoms with van der Waals surface area (Å²) < 4.78 is 5.11. The van der Waals surface area contributed by atoms with Crippen LogP contribution in [-0.2, 0) is 0 Å². The number of aliphatic hydroxyl groups excluding tert-OH is 1. The van der Waals surface area contributed by atoms with Crippen LogP contribution in [0.2, 0.25) is 0 Å². The molecule has 1 N–H and O–H groups in total. The van der Waals surface area contributed by atoms with Gasteiger partial charge in [0.1, 0.15) is 5.75 Å². The first-order valence-electron chi connectivity index (χ1n) is 5.36. The zero-order valence-corrected chi connectivity index (χ0v) is 9.02. The molecule has 0 aliphatic carbocycles. The van der Waals surface area contributed by atoms with E-state index in [-0.39, 0.29) is 6.10 Å². The highest BCUT2D eigenvalue weighted by molar-refractivity contribution is 5.49. The summed E-state index contributed by atoms with van der Waals surface area (Å²) in [6, 6.07) is 7.99. The molecule has 1 unspecified atom stereocenters. The molecule has 1 aliphatic rings. The van der Waals surface area contributed by atoms with E-state index in [0.29, 0.717) is 0 Å². The average Bonchev–Trinajstić information content (AvgIpc) is 2.29. The van der Waals surface area contributed by atoms with Crippen molar-refractivity contribution in [2.75, 3.05) is 25.1 Å². The third kappa shape index (κ3) is 2.42. The maximum atomic E-state index is 9.58. The van der Waals surface area contributed by atoms with Crippen LogP contribution in [0.4, 0.5) is 5.69 Å². The average molecular weight is 207 g/mol. The van der Waals surface area contributed by atoms with E-state index < -0.39 is 0 Å². The molecule has 3 heteroatoms. The van der Waals surface area contributed by atoms with Gasteiger partial charge in [-0.05, 0) is 37.1 Å². The lowest BCUT2D eigenvalue weighted by molar-refractivity contribution is 0.154. The van der Waals surface area contributed by atoms with Gasteiger partial charge < -0.3 is 14.7 Å². The van der Waals surface area contributed by atoms with Gasteiger partial charge in [0.2, 0.25) is 0 Å². The molecule has 1 heterocycles. The summed E-state index contributed by atoms with van der Waals surface area (Å²) in [7, 11) is 1.67. The third-order valence-corrected chi connectivity index (χ3v) is 2.83. The van der Waals surface area contributed by atoms with Crippen LogP contribution >= 0.6 is 0 Å². The number of benzene rings is 1. The van der Waals surface area contributed by atoms with Crippen molar-refractivity contribution in [3.8, 4) is 5.75 Å². The standard InChI is InChI=1S/C12H17NO2/c1-15-12-6-4-10(5-7-12)13-8-2-3-11(14)9-13/h4-7,11,14H,2-3,8-9H2,1H3. The van der Waals surface area contributed by atoms with Crippen LogP contribution in [0.1, 0.15) is 12.8 Å². The molecule has 1 aromatic rings. The van der Waals surface area contributed by atoms with Crippen molar-refractivity contribution in [2.24, 2.45) is 0 Å². The maximum Gasteiger partial charge on any atom is 0.119 e. The van der Waals surface area contributed by atoms with Crippen molar-refractivity contribution in [3.63, 3.8) is 0 Å². The number of hydrogen-bond donors (Lipinski definition) is 1. The molecular formula is C12H17NO2. The Labute approximate surface area is 90.3 Å². The van der Waals surface area contributed by atoms with Gasteiger partial charge in [-0.25, -0.2) is 0 Å². The van der Waals surface area contributed by atoms with E-state index >= 15 is 0 Å². The molecule has 1 aromatic carbocycles. The molecule has 82 valence electrons. The van der Waals surface area contributed by atoms with E-state index in [1.165, 1.54) is 0 Å². The predicted octanol–water partition coefficient (Wildman–Crippen LogP) is 1.66.